The van der Waals surface area contributed by atoms with Crippen LogP contribution in [0.1, 0.15) is 11.1 Å². The van der Waals surface area contributed by atoms with Crippen LogP contribution in [0, 0.1) is 11.8 Å². The third-order valence-corrected chi connectivity index (χ3v) is 5.12. The Kier molecular flexibility index (Phi) is 5.17. The quantitative estimate of drug-likeness (QED) is 0.696. The Bertz CT molecular complexity index is 1140. The summed E-state index contributed by atoms with van der Waals surface area (Å²) in [6, 6.07) is 13.0. The maximum absolute atomic E-state index is 12.9. The predicted molar refractivity (Wildman–Crippen MR) is 95.3 cm³/mol. The van der Waals surface area contributed by atoms with Crippen molar-refractivity contribution < 1.29 is 21.6 Å². The average Bonchev–Trinajstić information content (AvgIpc) is 2.64. The molecule has 0 spiro atoms. The maximum atomic E-state index is 12.9. The summed E-state index contributed by atoms with van der Waals surface area (Å²) in [7, 11) is -3.92. The van der Waals surface area contributed by atoms with Crippen LogP contribution in [0.2, 0.25) is 0 Å². The standard InChI is InChI=1S/C19H13F3N2O2S/c20-19(21,22)16-10-2-1-6-14(16)8-5-13-24-27(25,26)17-11-3-7-15-9-4-12-23-18(15)17/h1-4,6-7,9-12,24H,13H2. The topological polar surface area (TPSA) is 59.1 Å². The molecule has 27 heavy (non-hydrogen) atoms. The van der Waals surface area contributed by atoms with E-state index >= 15 is 0 Å². The molecule has 3 rings (SSSR count). The van der Waals surface area contributed by atoms with Crippen molar-refractivity contribution in [1.82, 2.24) is 9.71 Å². The molecule has 0 bridgehead atoms. The van der Waals surface area contributed by atoms with E-state index in [-0.39, 0.29) is 17.0 Å². The van der Waals surface area contributed by atoms with Gasteiger partial charge >= 0.3 is 6.18 Å². The molecule has 1 N–H and O–H groups in total. The van der Waals surface area contributed by atoms with Gasteiger partial charge in [-0.25, -0.2) is 8.42 Å². The van der Waals surface area contributed by atoms with Crippen molar-refractivity contribution in [2.24, 2.45) is 0 Å². The second kappa shape index (κ2) is 7.39. The van der Waals surface area contributed by atoms with E-state index in [1.54, 1.807) is 24.3 Å². The number of rotatable bonds is 3. The van der Waals surface area contributed by atoms with Gasteiger partial charge in [0.15, 0.2) is 0 Å². The molecule has 138 valence electrons. The van der Waals surface area contributed by atoms with Gasteiger partial charge in [0.1, 0.15) is 4.90 Å². The van der Waals surface area contributed by atoms with Crippen LogP contribution in [0.3, 0.4) is 0 Å². The molecule has 0 amide bonds. The highest BCUT2D eigenvalue weighted by atomic mass is 32.2. The molecule has 0 atom stereocenters. The van der Waals surface area contributed by atoms with Gasteiger partial charge in [0.2, 0.25) is 10.0 Å². The van der Waals surface area contributed by atoms with Crippen molar-refractivity contribution in [2.45, 2.75) is 11.1 Å². The second-order valence-corrected chi connectivity index (χ2v) is 7.24. The fourth-order valence-electron chi connectivity index (χ4n) is 2.48. The van der Waals surface area contributed by atoms with Crippen LogP contribution in [-0.2, 0) is 16.2 Å². The summed E-state index contributed by atoms with van der Waals surface area (Å²) >= 11 is 0. The summed E-state index contributed by atoms with van der Waals surface area (Å²) in [5, 5.41) is 0.658. The first-order valence-electron chi connectivity index (χ1n) is 7.77. The van der Waals surface area contributed by atoms with Gasteiger partial charge in [-0.3, -0.25) is 4.98 Å². The van der Waals surface area contributed by atoms with Crippen LogP contribution in [0.4, 0.5) is 13.2 Å². The van der Waals surface area contributed by atoms with E-state index in [0.717, 1.165) is 6.07 Å². The summed E-state index contributed by atoms with van der Waals surface area (Å²) in [5.41, 5.74) is -0.766. The van der Waals surface area contributed by atoms with Gasteiger partial charge in [0.05, 0.1) is 17.6 Å². The van der Waals surface area contributed by atoms with E-state index in [0.29, 0.717) is 10.9 Å². The zero-order valence-corrected chi connectivity index (χ0v) is 14.6. The van der Waals surface area contributed by atoms with Crippen LogP contribution in [0.5, 0.6) is 0 Å². The Morgan fingerprint density at radius 3 is 2.52 bits per heavy atom. The number of para-hydroxylation sites is 1. The highest BCUT2D eigenvalue weighted by Gasteiger charge is 2.32. The Morgan fingerprint density at radius 1 is 1.00 bits per heavy atom. The molecule has 0 aliphatic rings. The molecule has 1 aromatic heterocycles. The molecular weight excluding hydrogens is 377 g/mol. The molecule has 0 fully saturated rings. The van der Waals surface area contributed by atoms with Gasteiger partial charge in [-0.1, -0.05) is 42.2 Å². The fraction of sp³-hybridized carbons (Fsp3) is 0.105. The van der Waals surface area contributed by atoms with Crippen LogP contribution in [-0.4, -0.2) is 19.9 Å². The molecule has 0 unspecified atom stereocenters. The first-order chi connectivity index (χ1) is 12.8. The summed E-state index contributed by atoms with van der Waals surface area (Å²) in [5.74, 6) is 4.80. The number of halogens is 3. The summed E-state index contributed by atoms with van der Waals surface area (Å²) in [6.07, 6.45) is -3.05. The molecule has 0 saturated heterocycles. The Hall–Kier alpha value is -2.89. The third kappa shape index (κ3) is 4.27. The monoisotopic (exact) mass is 390 g/mol. The number of nitrogens with one attached hydrogen (secondary N) is 1. The van der Waals surface area contributed by atoms with Crippen molar-refractivity contribution in [3.8, 4) is 11.8 Å². The number of nitrogens with zero attached hydrogens (tertiary/aromatic N) is 1. The SMILES string of the molecule is O=S(=O)(NCC#Cc1ccccc1C(F)(F)F)c1cccc2cccnc12. The number of hydrogen-bond donors (Lipinski definition) is 1. The summed E-state index contributed by atoms with van der Waals surface area (Å²) in [4.78, 5) is 4.07. The molecule has 2 aromatic carbocycles. The van der Waals surface area contributed by atoms with E-state index in [1.807, 2.05) is 0 Å². The lowest BCUT2D eigenvalue weighted by Crippen LogP contribution is -2.24. The Balaban J connectivity index is 1.82. The number of sulfonamides is 1. The maximum Gasteiger partial charge on any atom is 0.417 e. The molecule has 0 radical (unpaired) electrons. The van der Waals surface area contributed by atoms with Gasteiger partial charge in [-0.15, -0.1) is 0 Å². The predicted octanol–water partition coefficient (Wildman–Crippen LogP) is 3.58. The Morgan fingerprint density at radius 2 is 1.74 bits per heavy atom. The second-order valence-electron chi connectivity index (χ2n) is 5.50. The smallest absolute Gasteiger partial charge is 0.255 e. The lowest BCUT2D eigenvalue weighted by atomic mass is 10.1. The van der Waals surface area contributed by atoms with Crippen molar-refractivity contribution in [3.63, 3.8) is 0 Å². The van der Waals surface area contributed by atoms with E-state index in [9.17, 15) is 21.6 Å². The lowest BCUT2D eigenvalue weighted by Gasteiger charge is -2.08. The lowest BCUT2D eigenvalue weighted by molar-refractivity contribution is -0.137. The van der Waals surface area contributed by atoms with Crippen molar-refractivity contribution in [1.29, 1.82) is 0 Å². The van der Waals surface area contributed by atoms with Gasteiger partial charge in [0, 0.05) is 17.1 Å². The summed E-state index contributed by atoms with van der Waals surface area (Å²) in [6.45, 7) is -0.336. The van der Waals surface area contributed by atoms with E-state index in [2.05, 4.69) is 21.5 Å². The number of alkyl halides is 3. The number of benzene rings is 2. The molecule has 1 heterocycles. The number of aromatic nitrogens is 1. The van der Waals surface area contributed by atoms with Crippen LogP contribution < -0.4 is 4.72 Å². The molecule has 0 aliphatic heterocycles. The van der Waals surface area contributed by atoms with Gasteiger partial charge in [0.25, 0.3) is 0 Å². The number of fused-ring (bicyclic) bond motifs is 1. The van der Waals surface area contributed by atoms with Crippen molar-refractivity contribution >= 4 is 20.9 Å². The van der Waals surface area contributed by atoms with E-state index in [1.165, 1.54) is 30.5 Å². The zero-order valence-electron chi connectivity index (χ0n) is 13.8. The van der Waals surface area contributed by atoms with Gasteiger partial charge in [-0.05, 0) is 24.3 Å². The van der Waals surface area contributed by atoms with Crippen LogP contribution >= 0.6 is 0 Å². The highest BCUT2D eigenvalue weighted by molar-refractivity contribution is 7.89. The minimum atomic E-state index is -4.53. The highest BCUT2D eigenvalue weighted by Crippen LogP contribution is 2.31. The Labute approximate surface area is 154 Å². The zero-order chi connectivity index (χ0) is 19.5. The first kappa shape index (κ1) is 18.9. The normalized spacial score (nSPS) is 11.8. The average molecular weight is 390 g/mol. The molecule has 8 heteroatoms. The van der Waals surface area contributed by atoms with Crippen molar-refractivity contribution in [2.75, 3.05) is 6.54 Å². The van der Waals surface area contributed by atoms with Crippen molar-refractivity contribution in [3.05, 3.63) is 71.9 Å². The molecule has 0 saturated carbocycles. The molecular formula is C19H13F3N2O2S. The first-order valence-corrected chi connectivity index (χ1v) is 9.26. The molecule has 4 nitrogen and oxygen atoms in total. The van der Waals surface area contributed by atoms with Gasteiger partial charge in [-0.2, -0.15) is 17.9 Å². The molecule has 3 aromatic rings. The van der Waals surface area contributed by atoms with E-state index in [4.69, 9.17) is 0 Å². The largest absolute Gasteiger partial charge is 0.417 e. The summed E-state index contributed by atoms with van der Waals surface area (Å²) < 4.78 is 66.0. The number of pyridine rings is 1. The third-order valence-electron chi connectivity index (χ3n) is 3.69. The molecule has 0 aliphatic carbocycles. The van der Waals surface area contributed by atoms with Gasteiger partial charge < -0.3 is 0 Å². The minimum absolute atomic E-state index is 0.0157. The minimum Gasteiger partial charge on any atom is -0.255 e. The van der Waals surface area contributed by atoms with E-state index < -0.39 is 21.8 Å². The fourth-order valence-corrected chi connectivity index (χ4v) is 3.58. The van der Waals surface area contributed by atoms with Crippen LogP contribution in [0.15, 0.2) is 65.7 Å². The van der Waals surface area contributed by atoms with Crippen LogP contribution in [0.25, 0.3) is 10.9 Å². The number of hydrogen-bond acceptors (Lipinski definition) is 3.